The summed E-state index contributed by atoms with van der Waals surface area (Å²) in [5.41, 5.74) is 11.7. The first-order valence-electron chi connectivity index (χ1n) is 6.66. The van der Waals surface area contributed by atoms with Crippen LogP contribution in [0.5, 0.6) is 0 Å². The summed E-state index contributed by atoms with van der Waals surface area (Å²) in [5, 5.41) is 0. The van der Waals surface area contributed by atoms with E-state index >= 15 is 0 Å². The molecule has 0 aliphatic heterocycles. The van der Waals surface area contributed by atoms with Crippen LogP contribution < -0.4 is 5.73 Å². The summed E-state index contributed by atoms with van der Waals surface area (Å²) in [5.74, 6) is -0.262. The topological polar surface area (TPSA) is 26.0 Å². The Labute approximate surface area is 128 Å². The van der Waals surface area contributed by atoms with Crippen LogP contribution in [0.4, 0.5) is 4.39 Å². The highest BCUT2D eigenvalue weighted by molar-refractivity contribution is 9.10. The molecule has 2 rings (SSSR count). The number of aryl methyl sites for hydroxylation is 3. The van der Waals surface area contributed by atoms with Crippen LogP contribution >= 0.6 is 15.9 Å². The summed E-state index contributed by atoms with van der Waals surface area (Å²) in [4.78, 5) is 0. The van der Waals surface area contributed by atoms with Crippen molar-refractivity contribution in [3.8, 4) is 0 Å². The normalized spacial score (nSPS) is 12.5. The van der Waals surface area contributed by atoms with E-state index in [4.69, 9.17) is 5.73 Å². The van der Waals surface area contributed by atoms with Crippen molar-refractivity contribution < 1.29 is 4.39 Å². The van der Waals surface area contributed by atoms with Crippen molar-refractivity contribution in [1.29, 1.82) is 0 Å². The van der Waals surface area contributed by atoms with Crippen LogP contribution in [0, 0.1) is 26.6 Å². The van der Waals surface area contributed by atoms with E-state index in [9.17, 15) is 4.39 Å². The molecule has 2 N–H and O–H groups in total. The van der Waals surface area contributed by atoms with E-state index in [1.807, 2.05) is 6.07 Å². The van der Waals surface area contributed by atoms with E-state index in [1.165, 1.54) is 22.3 Å². The molecular weight excluding hydrogens is 317 g/mol. The van der Waals surface area contributed by atoms with Crippen LogP contribution in [0.3, 0.4) is 0 Å². The monoisotopic (exact) mass is 335 g/mol. The van der Waals surface area contributed by atoms with E-state index in [2.05, 4.69) is 48.8 Å². The summed E-state index contributed by atoms with van der Waals surface area (Å²) in [7, 11) is 0. The Bertz CT molecular complexity index is 614. The van der Waals surface area contributed by atoms with Crippen LogP contribution in [-0.2, 0) is 6.42 Å². The van der Waals surface area contributed by atoms with Crippen LogP contribution in [0.1, 0.15) is 33.9 Å². The van der Waals surface area contributed by atoms with Gasteiger partial charge in [-0.05, 0) is 65.9 Å². The van der Waals surface area contributed by atoms with Gasteiger partial charge in [0.25, 0.3) is 0 Å². The molecule has 1 atom stereocenters. The van der Waals surface area contributed by atoms with Crippen molar-refractivity contribution in [3.63, 3.8) is 0 Å². The van der Waals surface area contributed by atoms with E-state index < -0.39 is 0 Å². The molecule has 0 aliphatic carbocycles. The van der Waals surface area contributed by atoms with Crippen molar-refractivity contribution >= 4 is 15.9 Å². The third kappa shape index (κ3) is 3.10. The lowest BCUT2D eigenvalue weighted by Gasteiger charge is -2.17. The molecule has 20 heavy (non-hydrogen) atoms. The van der Waals surface area contributed by atoms with E-state index in [0.29, 0.717) is 16.5 Å². The summed E-state index contributed by atoms with van der Waals surface area (Å²) in [6.45, 7) is 6.25. The van der Waals surface area contributed by atoms with Gasteiger partial charge in [-0.2, -0.15) is 0 Å². The smallest absolute Gasteiger partial charge is 0.142 e. The SMILES string of the molecule is Cc1cc(C)c(CC(N)c2cccc(Br)c2F)c(C)c1. The minimum absolute atomic E-state index is 0.262. The summed E-state index contributed by atoms with van der Waals surface area (Å²) in [6, 6.07) is 9.21. The molecule has 0 saturated heterocycles. The molecule has 0 aromatic heterocycles. The van der Waals surface area contributed by atoms with Crippen molar-refractivity contribution in [2.24, 2.45) is 5.73 Å². The summed E-state index contributed by atoms with van der Waals surface area (Å²) in [6.07, 6.45) is 0.644. The molecule has 0 aliphatic rings. The fraction of sp³-hybridized carbons (Fsp3) is 0.294. The van der Waals surface area contributed by atoms with Gasteiger partial charge >= 0.3 is 0 Å². The molecule has 0 saturated carbocycles. The minimum atomic E-state index is -0.340. The summed E-state index contributed by atoms with van der Waals surface area (Å²) < 4.78 is 14.6. The number of halogens is 2. The predicted molar refractivity (Wildman–Crippen MR) is 85.4 cm³/mol. The maximum Gasteiger partial charge on any atom is 0.142 e. The molecule has 0 amide bonds. The van der Waals surface area contributed by atoms with Crippen molar-refractivity contribution in [1.82, 2.24) is 0 Å². The second kappa shape index (κ2) is 6.06. The Hall–Kier alpha value is -1.19. The van der Waals surface area contributed by atoms with Crippen molar-refractivity contribution in [2.75, 3.05) is 0 Å². The van der Waals surface area contributed by atoms with Gasteiger partial charge in [-0.25, -0.2) is 4.39 Å². The zero-order chi connectivity index (χ0) is 14.9. The van der Waals surface area contributed by atoms with Gasteiger partial charge in [0.1, 0.15) is 5.82 Å². The van der Waals surface area contributed by atoms with Crippen molar-refractivity contribution in [2.45, 2.75) is 33.2 Å². The lowest BCUT2D eigenvalue weighted by atomic mass is 9.92. The molecule has 106 valence electrons. The second-order valence-corrected chi connectivity index (χ2v) is 6.19. The molecule has 3 heteroatoms. The van der Waals surface area contributed by atoms with Crippen LogP contribution in [-0.4, -0.2) is 0 Å². The number of rotatable bonds is 3. The van der Waals surface area contributed by atoms with E-state index in [0.717, 1.165) is 0 Å². The van der Waals surface area contributed by atoms with Gasteiger partial charge in [-0.3, -0.25) is 0 Å². The van der Waals surface area contributed by atoms with E-state index in [1.54, 1.807) is 12.1 Å². The van der Waals surface area contributed by atoms with Gasteiger partial charge in [-0.1, -0.05) is 29.8 Å². The largest absolute Gasteiger partial charge is 0.324 e. The molecule has 0 spiro atoms. The Morgan fingerprint density at radius 2 is 1.75 bits per heavy atom. The highest BCUT2D eigenvalue weighted by Crippen LogP contribution is 2.27. The zero-order valence-corrected chi connectivity index (χ0v) is 13.6. The number of benzene rings is 2. The Kier molecular flexibility index (Phi) is 4.61. The van der Waals surface area contributed by atoms with Gasteiger partial charge in [0.2, 0.25) is 0 Å². The maximum atomic E-state index is 14.1. The lowest BCUT2D eigenvalue weighted by molar-refractivity contribution is 0.574. The number of nitrogens with two attached hydrogens (primary N) is 1. The molecule has 0 fully saturated rings. The standard InChI is InChI=1S/C17H19BrFN/c1-10-7-11(2)14(12(3)8-10)9-16(20)13-5-4-6-15(18)17(13)19/h4-8,16H,9,20H2,1-3H3. The number of hydrogen-bond donors (Lipinski definition) is 1. The summed E-state index contributed by atoms with van der Waals surface area (Å²) >= 11 is 3.21. The van der Waals surface area contributed by atoms with Crippen LogP contribution in [0.15, 0.2) is 34.8 Å². The molecule has 0 radical (unpaired) electrons. The maximum absolute atomic E-state index is 14.1. The van der Waals surface area contributed by atoms with E-state index in [-0.39, 0.29) is 11.9 Å². The highest BCUT2D eigenvalue weighted by atomic mass is 79.9. The molecule has 0 heterocycles. The van der Waals surface area contributed by atoms with Gasteiger partial charge in [-0.15, -0.1) is 0 Å². The molecule has 2 aromatic carbocycles. The Balaban J connectivity index is 2.33. The quantitative estimate of drug-likeness (QED) is 0.860. The lowest BCUT2D eigenvalue weighted by Crippen LogP contribution is -2.16. The molecule has 2 aromatic rings. The fourth-order valence-electron chi connectivity index (χ4n) is 2.67. The first-order valence-corrected chi connectivity index (χ1v) is 7.45. The predicted octanol–water partition coefficient (Wildman–Crippen LogP) is 4.76. The molecule has 1 unspecified atom stereocenters. The van der Waals surface area contributed by atoms with Gasteiger partial charge in [0, 0.05) is 11.6 Å². The van der Waals surface area contributed by atoms with Crippen molar-refractivity contribution in [3.05, 3.63) is 68.4 Å². The Morgan fingerprint density at radius 1 is 1.15 bits per heavy atom. The fourth-order valence-corrected chi connectivity index (χ4v) is 3.05. The third-order valence-electron chi connectivity index (χ3n) is 3.65. The molecular formula is C17H19BrFN. The first kappa shape index (κ1) is 15.2. The van der Waals surface area contributed by atoms with Crippen LogP contribution in [0.25, 0.3) is 0 Å². The van der Waals surface area contributed by atoms with Gasteiger partial charge in [0.05, 0.1) is 4.47 Å². The zero-order valence-electron chi connectivity index (χ0n) is 12.0. The average Bonchev–Trinajstić information content (AvgIpc) is 2.36. The third-order valence-corrected chi connectivity index (χ3v) is 4.26. The minimum Gasteiger partial charge on any atom is -0.324 e. The van der Waals surface area contributed by atoms with Crippen LogP contribution in [0.2, 0.25) is 0 Å². The molecule has 0 bridgehead atoms. The Morgan fingerprint density at radius 3 is 2.35 bits per heavy atom. The van der Waals surface area contributed by atoms with Gasteiger partial charge in [0.15, 0.2) is 0 Å². The molecule has 1 nitrogen and oxygen atoms in total. The average molecular weight is 336 g/mol. The van der Waals surface area contributed by atoms with Gasteiger partial charge < -0.3 is 5.73 Å². The number of hydrogen-bond acceptors (Lipinski definition) is 1. The first-order chi connectivity index (χ1) is 9.40. The highest BCUT2D eigenvalue weighted by Gasteiger charge is 2.16. The second-order valence-electron chi connectivity index (χ2n) is 5.33.